The largest absolute Gasteiger partial charge is 0.464 e. The molecule has 16 nitrogen and oxygen atoms in total. The summed E-state index contributed by atoms with van der Waals surface area (Å²) in [6.07, 6.45) is 6.98. The highest BCUT2D eigenvalue weighted by molar-refractivity contribution is 7.10. The quantitative estimate of drug-likeness (QED) is 0.147. The van der Waals surface area contributed by atoms with Crippen LogP contribution in [-0.2, 0) is 55.8 Å². The van der Waals surface area contributed by atoms with Gasteiger partial charge in [-0.3, -0.25) is 24.5 Å². The fourth-order valence-corrected chi connectivity index (χ4v) is 14.7. The smallest absolute Gasteiger partial charge is 0.328 e. The van der Waals surface area contributed by atoms with Gasteiger partial charge < -0.3 is 38.3 Å². The van der Waals surface area contributed by atoms with Crippen molar-refractivity contribution in [2.45, 2.75) is 135 Å². The number of hydrogen-bond donors (Lipinski definition) is 2. The number of pyridine rings is 1. The van der Waals surface area contributed by atoms with Gasteiger partial charge in [0.1, 0.15) is 16.6 Å². The van der Waals surface area contributed by atoms with Gasteiger partial charge >= 0.3 is 5.97 Å². The Labute approximate surface area is 432 Å². The van der Waals surface area contributed by atoms with Crippen molar-refractivity contribution in [3.05, 3.63) is 58.2 Å². The number of thiazole rings is 1. The van der Waals surface area contributed by atoms with E-state index in [0.717, 1.165) is 75.4 Å². The second-order valence-electron chi connectivity index (χ2n) is 24.4. The molecule has 1 aromatic carbocycles. The van der Waals surface area contributed by atoms with Crippen LogP contribution in [0.15, 0.2) is 41.9 Å². The lowest BCUT2D eigenvalue weighted by molar-refractivity contribution is -0.204. The van der Waals surface area contributed by atoms with Crippen LogP contribution in [0.25, 0.3) is 33.4 Å². The first-order valence-corrected chi connectivity index (χ1v) is 27.8. The van der Waals surface area contributed by atoms with Crippen LogP contribution in [0.1, 0.15) is 108 Å². The third-order valence-corrected chi connectivity index (χ3v) is 18.6. The molecule has 2 aliphatic carbocycles. The zero-order valence-corrected chi connectivity index (χ0v) is 44.4. The van der Waals surface area contributed by atoms with E-state index in [9.17, 15) is 9.59 Å². The molecule has 8 fully saturated rings. The van der Waals surface area contributed by atoms with Gasteiger partial charge in [0.2, 0.25) is 5.91 Å². The molecular weight excluding hydrogens is 947 g/mol. The predicted octanol–water partition coefficient (Wildman–Crippen LogP) is 7.05. The van der Waals surface area contributed by atoms with Gasteiger partial charge in [0.05, 0.1) is 73.5 Å². The molecule has 6 saturated heterocycles. The minimum absolute atomic E-state index is 0.0140. The van der Waals surface area contributed by atoms with Crippen molar-refractivity contribution < 1.29 is 42.8 Å². The number of nitrogens with zero attached hydrogens (tertiary/aromatic N) is 5. The minimum atomic E-state index is -1.06. The third-order valence-electron chi connectivity index (χ3n) is 17.7. The lowest BCUT2D eigenvalue weighted by Gasteiger charge is -2.58. The lowest BCUT2D eigenvalue weighted by atomic mass is 9.66. The molecule has 7 aliphatic heterocycles. The van der Waals surface area contributed by atoms with E-state index in [1.165, 1.54) is 11.3 Å². The lowest BCUT2D eigenvalue weighted by Crippen LogP contribution is -2.76. The molecule has 7 bridgehead atoms. The van der Waals surface area contributed by atoms with Gasteiger partial charge in [0, 0.05) is 109 Å². The number of carbonyl (C=O) groups is 3. The number of cyclic esters (lactones) is 1. The van der Waals surface area contributed by atoms with Crippen LogP contribution < -0.4 is 10.7 Å². The fourth-order valence-electron chi connectivity index (χ4n) is 13.7. The number of aromatic nitrogens is 3. The molecule has 10 heterocycles. The van der Waals surface area contributed by atoms with E-state index in [0.29, 0.717) is 78.5 Å². The summed E-state index contributed by atoms with van der Waals surface area (Å²) in [4.78, 5) is 57.5. The van der Waals surface area contributed by atoms with Crippen molar-refractivity contribution in [3.8, 4) is 22.5 Å². The summed E-state index contributed by atoms with van der Waals surface area (Å²) in [5.74, 6) is -0.666. The molecule has 4 aromatic rings. The summed E-state index contributed by atoms with van der Waals surface area (Å²) < 4.78 is 39.4. The van der Waals surface area contributed by atoms with Gasteiger partial charge in [-0.2, -0.15) is 0 Å². The number of hydrazine groups is 1. The molecule has 3 aromatic heterocycles. The van der Waals surface area contributed by atoms with Crippen LogP contribution in [0.4, 0.5) is 0 Å². The number of rotatable bonds is 11. The zero-order chi connectivity index (χ0) is 50.6. The molecule has 0 unspecified atom stereocenters. The van der Waals surface area contributed by atoms with Gasteiger partial charge in [0.15, 0.2) is 0 Å². The number of fused-ring (bicyclic) bond motifs is 4. The Kier molecular flexibility index (Phi) is 12.7. The molecule has 8 atom stereocenters. The number of esters is 1. The second kappa shape index (κ2) is 18.7. The fraction of sp³-hybridized carbons (Fsp3) is 0.661. The summed E-state index contributed by atoms with van der Waals surface area (Å²) >= 11 is 1.53. The van der Waals surface area contributed by atoms with Crippen LogP contribution in [0.3, 0.4) is 0 Å². The standard InChI is InChI=1S/C56H73N7O9S/c1-32-43(42-11-9-17-70-42)44(32)49(64)59-46-48(61-27-55(28-61)30-68-31-55)50-58-40(26-73-50)35-12-13-41-38(20-35)39(24-53(3,4)29-71-52(66)56-21-34(22-56)25-63(60-56)51(46)65)47(37-10-8-15-57-45(37)33(2)67-7)62(41)16-19-69-36-14-18-72-54(5,6)23-36/h8,10,12-13,15,20,26,32-34,36,42-44,46,48,60H,9,11,14,16-19,21-25,27-31H2,1-7H3,(H,59,64)/t32-,33-,34?,36-,42+,43-,44+,46-,48-,56?/m0/s1. The van der Waals surface area contributed by atoms with Gasteiger partial charge in [-0.05, 0) is 101 Å². The molecule has 9 aliphatic rings. The monoisotopic (exact) mass is 1020 g/mol. The van der Waals surface area contributed by atoms with Crippen molar-refractivity contribution in [2.75, 3.05) is 66.4 Å². The molecule has 2 amide bonds. The van der Waals surface area contributed by atoms with E-state index in [4.69, 9.17) is 38.4 Å². The van der Waals surface area contributed by atoms with Crippen LogP contribution in [0.2, 0.25) is 0 Å². The summed E-state index contributed by atoms with van der Waals surface area (Å²) in [5.41, 5.74) is 8.34. The molecule has 392 valence electrons. The van der Waals surface area contributed by atoms with Crippen LogP contribution in [0.5, 0.6) is 0 Å². The second-order valence-corrected chi connectivity index (χ2v) is 25.3. The molecular formula is C56H73N7O9S. The van der Waals surface area contributed by atoms with Crippen LogP contribution in [-0.4, -0.2) is 138 Å². The van der Waals surface area contributed by atoms with E-state index in [-0.39, 0.29) is 77.4 Å². The number of hydrogen-bond acceptors (Lipinski definition) is 14. The summed E-state index contributed by atoms with van der Waals surface area (Å²) in [6, 6.07) is 9.17. The Bertz CT molecular complexity index is 2770. The number of carbonyl (C=O) groups excluding carboxylic acids is 3. The topological polar surface area (TPSA) is 168 Å². The van der Waals surface area contributed by atoms with Crippen molar-refractivity contribution in [1.29, 1.82) is 0 Å². The number of likely N-dealkylation sites (tertiary alicyclic amines) is 1. The van der Waals surface area contributed by atoms with Crippen molar-refractivity contribution in [3.63, 3.8) is 0 Å². The predicted molar refractivity (Wildman–Crippen MR) is 274 cm³/mol. The Morgan fingerprint density at radius 3 is 2.62 bits per heavy atom. The SMILES string of the molecule is CO[C@@H](C)c1ncccc1-c1c2c3cc(ccc3n1CCO[C@H]1CCOC(C)(C)C1)-c1csc(n1)[C@@H](N1CC3(COC3)C1)[C@H](NC(=O)[C@@H]1[C@@H](C)[C@H]1[C@H]1CCCO1)C(=O)N1CC3CC(C3)(N1)C(=O)OCC(C)(C)C2. The van der Waals surface area contributed by atoms with E-state index >= 15 is 4.79 Å². The minimum Gasteiger partial charge on any atom is -0.464 e. The normalized spacial score (nSPS) is 32.8. The van der Waals surface area contributed by atoms with Crippen LogP contribution in [0, 0.1) is 34.5 Å². The Hall–Kier alpha value is -4.33. The Morgan fingerprint density at radius 2 is 1.88 bits per heavy atom. The maximum absolute atomic E-state index is 15.5. The highest BCUT2D eigenvalue weighted by Gasteiger charge is 2.61. The van der Waals surface area contributed by atoms with E-state index in [1.807, 2.05) is 19.2 Å². The summed E-state index contributed by atoms with van der Waals surface area (Å²) in [7, 11) is 1.71. The molecule has 13 rings (SSSR count). The Morgan fingerprint density at radius 1 is 1.05 bits per heavy atom. The van der Waals surface area contributed by atoms with Crippen molar-refractivity contribution >= 4 is 40.0 Å². The Balaban J connectivity index is 0.980. The zero-order valence-electron chi connectivity index (χ0n) is 43.6. The number of ether oxygens (including phenoxy) is 6. The first kappa shape index (κ1) is 49.5. The van der Waals surface area contributed by atoms with Gasteiger partial charge in [-0.25, -0.2) is 15.2 Å². The number of nitrogens with one attached hydrogen (secondary N) is 2. The van der Waals surface area contributed by atoms with E-state index in [1.54, 1.807) is 12.1 Å². The molecule has 17 heteroatoms. The van der Waals surface area contributed by atoms with Crippen molar-refractivity contribution in [2.24, 2.45) is 34.5 Å². The molecule has 0 radical (unpaired) electrons. The number of amides is 2. The average molecular weight is 1020 g/mol. The highest BCUT2D eigenvalue weighted by Crippen LogP contribution is 2.53. The molecule has 2 N–H and O–H groups in total. The number of benzene rings is 1. The van der Waals surface area contributed by atoms with Gasteiger partial charge in [0.25, 0.3) is 5.91 Å². The summed E-state index contributed by atoms with van der Waals surface area (Å²) in [5, 5.41) is 8.89. The first-order chi connectivity index (χ1) is 35.0. The highest BCUT2D eigenvalue weighted by atomic mass is 32.1. The molecule has 73 heavy (non-hydrogen) atoms. The maximum Gasteiger partial charge on any atom is 0.328 e. The van der Waals surface area contributed by atoms with E-state index < -0.39 is 23.0 Å². The molecule has 2 spiro atoms. The average Bonchev–Trinajstić information content (AvgIpc) is 3.77. The summed E-state index contributed by atoms with van der Waals surface area (Å²) in [6.45, 7) is 18.5. The maximum atomic E-state index is 15.5. The molecule has 2 saturated carbocycles. The number of methoxy groups -OCH3 is 1. The van der Waals surface area contributed by atoms with Crippen molar-refractivity contribution in [1.82, 2.24) is 35.2 Å². The van der Waals surface area contributed by atoms with Crippen LogP contribution >= 0.6 is 11.3 Å². The third kappa shape index (κ3) is 9.04. The first-order valence-electron chi connectivity index (χ1n) is 26.9. The van der Waals surface area contributed by atoms with E-state index in [2.05, 4.69) is 84.5 Å². The van der Waals surface area contributed by atoms with Gasteiger partial charge in [-0.1, -0.05) is 26.8 Å². The van der Waals surface area contributed by atoms with Gasteiger partial charge in [-0.15, -0.1) is 11.3 Å².